The Labute approximate surface area is 131 Å². The molecule has 6 nitrogen and oxygen atoms in total. The first-order valence-electron chi connectivity index (χ1n) is 6.64. The summed E-state index contributed by atoms with van der Waals surface area (Å²) in [7, 11) is 0. The smallest absolute Gasteiger partial charge is 0.310 e. The number of hydrogen-bond donors (Lipinski definition) is 2. The van der Waals surface area contributed by atoms with Gasteiger partial charge < -0.3 is 10.4 Å². The fraction of sp³-hybridized carbons (Fsp3) is 0.538. The van der Waals surface area contributed by atoms with Crippen molar-refractivity contribution in [2.75, 3.05) is 5.32 Å². The molecule has 8 heteroatoms. The van der Waals surface area contributed by atoms with E-state index in [2.05, 4.69) is 15.3 Å². The number of hydrogen-bond acceptors (Lipinski definition) is 4. The zero-order valence-corrected chi connectivity index (χ0v) is 12.7. The van der Waals surface area contributed by atoms with Crippen molar-refractivity contribution in [3.05, 3.63) is 16.5 Å². The largest absolute Gasteiger partial charge is 0.481 e. The van der Waals surface area contributed by atoms with Crippen LogP contribution in [-0.4, -0.2) is 27.0 Å². The number of carbonyl (C=O) groups is 2. The van der Waals surface area contributed by atoms with E-state index in [1.165, 1.54) is 6.33 Å². The Morgan fingerprint density at radius 2 is 1.90 bits per heavy atom. The van der Waals surface area contributed by atoms with Crippen LogP contribution in [0.15, 0.2) is 6.33 Å². The van der Waals surface area contributed by atoms with Crippen LogP contribution >= 0.6 is 23.2 Å². The molecule has 1 aromatic heterocycles. The molecule has 1 aromatic rings. The first kappa shape index (κ1) is 16.0. The van der Waals surface area contributed by atoms with E-state index in [-0.39, 0.29) is 22.4 Å². The molecule has 1 aliphatic rings. The third-order valence-electron chi connectivity index (χ3n) is 3.77. The van der Waals surface area contributed by atoms with Gasteiger partial charge in [0, 0.05) is 6.42 Å². The summed E-state index contributed by atoms with van der Waals surface area (Å²) in [6.45, 7) is 0. The number of amides is 1. The summed E-state index contributed by atoms with van der Waals surface area (Å²) in [5, 5.41) is 12.0. The van der Waals surface area contributed by atoms with Crippen LogP contribution in [0, 0.1) is 5.41 Å². The Kier molecular flexibility index (Phi) is 5.00. The minimum absolute atomic E-state index is 0.0348. The van der Waals surface area contributed by atoms with Gasteiger partial charge >= 0.3 is 5.97 Å². The molecule has 0 bridgehead atoms. The quantitative estimate of drug-likeness (QED) is 0.827. The lowest BCUT2D eigenvalue weighted by molar-refractivity contribution is -0.153. The van der Waals surface area contributed by atoms with Gasteiger partial charge in [-0.2, -0.15) is 0 Å². The van der Waals surface area contributed by atoms with Crippen molar-refractivity contribution in [1.29, 1.82) is 0 Å². The molecule has 1 heterocycles. The first-order chi connectivity index (χ1) is 9.94. The maximum Gasteiger partial charge on any atom is 0.310 e. The van der Waals surface area contributed by atoms with Crippen molar-refractivity contribution < 1.29 is 14.7 Å². The van der Waals surface area contributed by atoms with Gasteiger partial charge in [-0.1, -0.05) is 42.5 Å². The van der Waals surface area contributed by atoms with Crippen LogP contribution in [0.4, 0.5) is 5.82 Å². The molecule has 0 radical (unpaired) electrons. The highest BCUT2D eigenvalue weighted by molar-refractivity contribution is 6.42. The Hall–Kier alpha value is -1.40. The Morgan fingerprint density at radius 1 is 1.24 bits per heavy atom. The monoisotopic (exact) mass is 331 g/mol. The Bertz CT molecular complexity index is 560. The predicted octanol–water partition coefficient (Wildman–Crippen LogP) is 3.15. The van der Waals surface area contributed by atoms with E-state index in [1.54, 1.807) is 0 Å². The van der Waals surface area contributed by atoms with Crippen molar-refractivity contribution in [3.63, 3.8) is 0 Å². The van der Waals surface area contributed by atoms with Gasteiger partial charge in [0.25, 0.3) is 0 Å². The van der Waals surface area contributed by atoms with E-state index < -0.39 is 17.3 Å². The third-order valence-corrected chi connectivity index (χ3v) is 4.51. The van der Waals surface area contributed by atoms with Gasteiger partial charge in [-0.05, 0) is 12.8 Å². The average Bonchev–Trinajstić information content (AvgIpc) is 2.44. The van der Waals surface area contributed by atoms with Crippen molar-refractivity contribution in [2.45, 2.75) is 38.5 Å². The van der Waals surface area contributed by atoms with Crippen LogP contribution in [0.1, 0.15) is 38.5 Å². The zero-order chi connectivity index (χ0) is 15.5. The van der Waals surface area contributed by atoms with Crippen LogP contribution in [0.3, 0.4) is 0 Å². The van der Waals surface area contributed by atoms with Crippen molar-refractivity contribution in [1.82, 2.24) is 9.97 Å². The number of nitrogens with zero attached hydrogens (tertiary/aromatic N) is 2. The summed E-state index contributed by atoms with van der Waals surface area (Å²) < 4.78 is 0. The summed E-state index contributed by atoms with van der Waals surface area (Å²) in [4.78, 5) is 31.2. The van der Waals surface area contributed by atoms with Gasteiger partial charge in [0.1, 0.15) is 11.3 Å². The summed E-state index contributed by atoms with van der Waals surface area (Å²) in [5.41, 5.74) is -0.994. The molecule has 1 amide bonds. The molecule has 2 N–H and O–H groups in total. The SMILES string of the molecule is O=C(CC1(C(=O)O)CCCCC1)Nc1ncnc(Cl)c1Cl. The number of rotatable bonds is 4. The summed E-state index contributed by atoms with van der Waals surface area (Å²) in [6.07, 6.45) is 4.74. The Morgan fingerprint density at radius 3 is 2.52 bits per heavy atom. The van der Waals surface area contributed by atoms with Gasteiger partial charge in [-0.3, -0.25) is 9.59 Å². The lowest BCUT2D eigenvalue weighted by atomic mass is 9.71. The molecular formula is C13H15Cl2N3O3. The highest BCUT2D eigenvalue weighted by Crippen LogP contribution is 2.40. The number of carbonyl (C=O) groups excluding carboxylic acids is 1. The topological polar surface area (TPSA) is 92.2 Å². The minimum Gasteiger partial charge on any atom is -0.481 e. The molecule has 114 valence electrons. The number of halogens is 2. The van der Waals surface area contributed by atoms with Crippen LogP contribution in [0.5, 0.6) is 0 Å². The summed E-state index contributed by atoms with van der Waals surface area (Å²) in [5.74, 6) is -1.27. The van der Waals surface area contributed by atoms with Crippen molar-refractivity contribution in [2.24, 2.45) is 5.41 Å². The molecule has 0 saturated heterocycles. The molecule has 21 heavy (non-hydrogen) atoms. The normalized spacial score (nSPS) is 17.2. The highest BCUT2D eigenvalue weighted by atomic mass is 35.5. The molecule has 1 aliphatic carbocycles. The number of aliphatic carboxylic acids is 1. The van der Waals surface area contributed by atoms with E-state index in [1.807, 2.05) is 0 Å². The fourth-order valence-electron chi connectivity index (χ4n) is 2.61. The van der Waals surface area contributed by atoms with Gasteiger partial charge in [0.2, 0.25) is 5.91 Å². The van der Waals surface area contributed by atoms with Crippen LogP contribution in [0.2, 0.25) is 10.2 Å². The molecule has 0 aromatic carbocycles. The molecule has 0 atom stereocenters. The molecule has 1 fully saturated rings. The van der Waals surface area contributed by atoms with E-state index >= 15 is 0 Å². The first-order valence-corrected chi connectivity index (χ1v) is 7.39. The second kappa shape index (κ2) is 6.58. The van der Waals surface area contributed by atoms with Gasteiger partial charge in [-0.25, -0.2) is 9.97 Å². The zero-order valence-electron chi connectivity index (χ0n) is 11.2. The van der Waals surface area contributed by atoms with Gasteiger partial charge in [0.05, 0.1) is 5.41 Å². The number of carboxylic acids is 1. The lowest BCUT2D eigenvalue weighted by Crippen LogP contribution is -2.37. The Balaban J connectivity index is 2.09. The van der Waals surface area contributed by atoms with Gasteiger partial charge in [0.15, 0.2) is 11.0 Å². The second-order valence-corrected chi connectivity index (χ2v) is 5.93. The van der Waals surface area contributed by atoms with Crippen molar-refractivity contribution in [3.8, 4) is 0 Å². The molecule has 1 saturated carbocycles. The van der Waals surface area contributed by atoms with Crippen LogP contribution < -0.4 is 5.32 Å². The average molecular weight is 332 g/mol. The number of aromatic nitrogens is 2. The fourth-order valence-corrected chi connectivity index (χ4v) is 2.89. The van der Waals surface area contributed by atoms with Gasteiger partial charge in [-0.15, -0.1) is 0 Å². The number of carboxylic acid groups (broad SMARTS) is 1. The van der Waals surface area contributed by atoms with E-state index in [0.717, 1.165) is 19.3 Å². The molecule has 2 rings (SSSR count). The number of anilines is 1. The summed E-state index contributed by atoms with van der Waals surface area (Å²) >= 11 is 11.6. The minimum atomic E-state index is -0.994. The van der Waals surface area contributed by atoms with Crippen molar-refractivity contribution >= 4 is 40.9 Å². The highest BCUT2D eigenvalue weighted by Gasteiger charge is 2.41. The van der Waals surface area contributed by atoms with E-state index in [9.17, 15) is 14.7 Å². The maximum absolute atomic E-state index is 12.1. The van der Waals surface area contributed by atoms with Crippen LogP contribution in [0.25, 0.3) is 0 Å². The molecule has 0 spiro atoms. The standard InChI is InChI=1S/C13H15Cl2N3O3/c14-9-10(15)16-7-17-11(9)18-8(19)6-13(12(20)21)4-2-1-3-5-13/h7H,1-6H2,(H,20,21)(H,16,17,18,19). The lowest BCUT2D eigenvalue weighted by Gasteiger charge is -2.32. The second-order valence-electron chi connectivity index (χ2n) is 5.20. The molecular weight excluding hydrogens is 317 g/mol. The molecule has 0 aliphatic heterocycles. The summed E-state index contributed by atoms with van der Waals surface area (Å²) in [6, 6.07) is 0. The maximum atomic E-state index is 12.1. The third kappa shape index (κ3) is 3.63. The number of nitrogens with one attached hydrogen (secondary N) is 1. The predicted molar refractivity (Wildman–Crippen MR) is 78.5 cm³/mol. The van der Waals surface area contributed by atoms with E-state index in [0.29, 0.717) is 12.8 Å². The van der Waals surface area contributed by atoms with Crippen LogP contribution in [-0.2, 0) is 9.59 Å². The van der Waals surface area contributed by atoms with E-state index in [4.69, 9.17) is 23.2 Å². The molecule has 0 unspecified atom stereocenters.